The molecule has 9 heteroatoms. The maximum absolute atomic E-state index is 13.5. The SMILES string of the molecule is COc1ncc(F)cc1C(=O)CC12CC(NC(=O)COc3ccc(Cl)c(F)c3)(C1)C2. The summed E-state index contributed by atoms with van der Waals surface area (Å²) in [7, 11) is 1.38. The number of amides is 1. The van der Waals surface area contributed by atoms with Crippen molar-refractivity contribution in [2.24, 2.45) is 5.41 Å². The molecule has 30 heavy (non-hydrogen) atoms. The predicted molar refractivity (Wildman–Crippen MR) is 104 cm³/mol. The van der Waals surface area contributed by atoms with Crippen LogP contribution < -0.4 is 14.8 Å². The van der Waals surface area contributed by atoms with Crippen molar-refractivity contribution < 1.29 is 27.8 Å². The first-order valence-corrected chi connectivity index (χ1v) is 9.73. The highest BCUT2D eigenvalue weighted by Gasteiger charge is 2.68. The molecule has 5 rings (SSSR count). The van der Waals surface area contributed by atoms with Crippen LogP contribution in [0.1, 0.15) is 36.0 Å². The standard InChI is InChI=1S/C21H19ClF2N2O4/c1-29-19-14(4-12(23)7-25-19)17(27)6-20-9-21(10-20,11-20)26-18(28)8-30-13-2-3-15(22)16(24)5-13/h2-5,7H,6,8-11H2,1H3,(H,26,28). The summed E-state index contributed by atoms with van der Waals surface area (Å²) >= 11 is 5.61. The molecule has 3 aliphatic carbocycles. The number of halogens is 3. The summed E-state index contributed by atoms with van der Waals surface area (Å²) in [5.41, 5.74) is -0.401. The van der Waals surface area contributed by atoms with Gasteiger partial charge in [0.1, 0.15) is 17.4 Å². The third-order valence-corrected chi connectivity index (χ3v) is 5.96. The minimum absolute atomic E-state index is 0.0212. The van der Waals surface area contributed by atoms with Gasteiger partial charge in [0, 0.05) is 18.0 Å². The lowest BCUT2D eigenvalue weighted by molar-refractivity contribution is -0.164. The first-order chi connectivity index (χ1) is 14.2. The number of ether oxygens (including phenoxy) is 2. The van der Waals surface area contributed by atoms with Crippen molar-refractivity contribution in [3.63, 3.8) is 0 Å². The van der Waals surface area contributed by atoms with E-state index in [1.807, 2.05) is 0 Å². The van der Waals surface area contributed by atoms with Crippen LogP contribution in [0.25, 0.3) is 0 Å². The Bertz CT molecular complexity index is 1010. The van der Waals surface area contributed by atoms with E-state index in [-0.39, 0.29) is 57.9 Å². The molecule has 3 saturated carbocycles. The second kappa shape index (κ2) is 7.50. The monoisotopic (exact) mass is 436 g/mol. The third kappa shape index (κ3) is 3.84. The molecule has 1 amide bonds. The number of rotatable bonds is 8. The molecule has 3 fully saturated rings. The largest absolute Gasteiger partial charge is 0.484 e. The number of Topliss-reactive ketones (excluding diaryl/α,β-unsaturated/α-hetero) is 1. The molecule has 1 aromatic heterocycles. The summed E-state index contributed by atoms with van der Waals surface area (Å²) in [5, 5.41) is 2.91. The third-order valence-electron chi connectivity index (χ3n) is 5.65. The molecule has 6 nitrogen and oxygen atoms in total. The van der Waals surface area contributed by atoms with Crippen molar-refractivity contribution in [1.82, 2.24) is 10.3 Å². The van der Waals surface area contributed by atoms with Crippen LogP contribution in [0.2, 0.25) is 5.02 Å². The first-order valence-electron chi connectivity index (χ1n) is 9.35. The predicted octanol–water partition coefficient (Wildman–Crippen LogP) is 3.71. The molecule has 1 N–H and O–H groups in total. The van der Waals surface area contributed by atoms with E-state index in [1.54, 1.807) is 0 Å². The van der Waals surface area contributed by atoms with Crippen LogP contribution >= 0.6 is 11.6 Å². The molecule has 158 valence electrons. The van der Waals surface area contributed by atoms with E-state index >= 15 is 0 Å². The zero-order chi connectivity index (χ0) is 21.5. The number of nitrogens with zero attached hydrogens (tertiary/aromatic N) is 1. The number of ketones is 1. The molecule has 0 spiro atoms. The highest BCUT2D eigenvalue weighted by Crippen LogP contribution is 2.69. The molecule has 1 aromatic carbocycles. The number of benzene rings is 1. The summed E-state index contributed by atoms with van der Waals surface area (Å²) in [5.74, 6) is -1.45. The number of nitrogens with one attached hydrogen (secondary N) is 1. The van der Waals surface area contributed by atoms with Crippen molar-refractivity contribution in [1.29, 1.82) is 0 Å². The molecule has 2 aromatic rings. The highest BCUT2D eigenvalue weighted by molar-refractivity contribution is 6.30. The van der Waals surface area contributed by atoms with Crippen molar-refractivity contribution >= 4 is 23.3 Å². The lowest BCUT2D eigenvalue weighted by atomic mass is 9.38. The van der Waals surface area contributed by atoms with Gasteiger partial charge in [-0.15, -0.1) is 0 Å². The average molecular weight is 437 g/mol. The Kier molecular flexibility index (Phi) is 5.13. The molecule has 0 radical (unpaired) electrons. The van der Waals surface area contributed by atoms with Crippen molar-refractivity contribution in [2.75, 3.05) is 13.7 Å². The van der Waals surface area contributed by atoms with Gasteiger partial charge in [-0.25, -0.2) is 13.8 Å². The molecule has 2 bridgehead atoms. The summed E-state index contributed by atoms with van der Waals surface area (Å²) < 4.78 is 37.2. The van der Waals surface area contributed by atoms with Gasteiger partial charge in [-0.05, 0) is 42.9 Å². The number of methoxy groups -OCH3 is 1. The topological polar surface area (TPSA) is 77.5 Å². The number of hydrogen-bond acceptors (Lipinski definition) is 5. The van der Waals surface area contributed by atoms with Gasteiger partial charge in [0.05, 0.1) is 23.9 Å². The molecule has 0 aliphatic heterocycles. The van der Waals surface area contributed by atoms with Crippen LogP contribution in [0, 0.1) is 17.0 Å². The van der Waals surface area contributed by atoms with Crippen LogP contribution in [0.5, 0.6) is 11.6 Å². The highest BCUT2D eigenvalue weighted by atomic mass is 35.5. The molecule has 0 atom stereocenters. The summed E-state index contributed by atoms with van der Waals surface area (Å²) in [4.78, 5) is 28.6. The smallest absolute Gasteiger partial charge is 0.258 e. The van der Waals surface area contributed by atoms with Crippen molar-refractivity contribution in [2.45, 2.75) is 31.2 Å². The van der Waals surface area contributed by atoms with Crippen LogP contribution in [0.4, 0.5) is 8.78 Å². The van der Waals surface area contributed by atoms with E-state index in [1.165, 1.54) is 19.2 Å². The second-order valence-electron chi connectivity index (χ2n) is 8.03. The van der Waals surface area contributed by atoms with E-state index in [2.05, 4.69) is 10.3 Å². The summed E-state index contributed by atoms with van der Waals surface area (Å²) in [6.45, 7) is -0.249. The minimum Gasteiger partial charge on any atom is -0.484 e. The number of hydrogen-bond donors (Lipinski definition) is 1. The van der Waals surface area contributed by atoms with Gasteiger partial charge in [0.15, 0.2) is 12.4 Å². The molecular weight excluding hydrogens is 418 g/mol. The Labute approximate surface area is 176 Å². The number of carbonyl (C=O) groups excluding carboxylic acids is 2. The molecule has 0 saturated heterocycles. The van der Waals surface area contributed by atoms with Crippen LogP contribution in [-0.4, -0.2) is 35.9 Å². The van der Waals surface area contributed by atoms with Gasteiger partial charge >= 0.3 is 0 Å². The van der Waals surface area contributed by atoms with E-state index in [0.29, 0.717) is 19.3 Å². The normalized spacial score (nSPS) is 23.7. The van der Waals surface area contributed by atoms with E-state index in [4.69, 9.17) is 21.1 Å². The van der Waals surface area contributed by atoms with E-state index in [0.717, 1.165) is 18.3 Å². The Morgan fingerprint density at radius 1 is 1.23 bits per heavy atom. The van der Waals surface area contributed by atoms with E-state index < -0.39 is 11.6 Å². The maximum Gasteiger partial charge on any atom is 0.258 e. The Morgan fingerprint density at radius 3 is 2.63 bits per heavy atom. The van der Waals surface area contributed by atoms with Crippen molar-refractivity contribution in [3.8, 4) is 11.6 Å². The maximum atomic E-state index is 13.5. The molecule has 0 unspecified atom stereocenters. The van der Waals surface area contributed by atoms with Crippen LogP contribution in [-0.2, 0) is 4.79 Å². The first kappa shape index (κ1) is 20.5. The Balaban J connectivity index is 1.27. The Morgan fingerprint density at radius 2 is 1.97 bits per heavy atom. The fourth-order valence-electron chi connectivity index (χ4n) is 4.59. The average Bonchev–Trinajstić information content (AvgIpc) is 2.66. The quantitative estimate of drug-likeness (QED) is 0.638. The lowest BCUT2D eigenvalue weighted by Gasteiger charge is -2.70. The lowest BCUT2D eigenvalue weighted by Crippen LogP contribution is -2.75. The van der Waals surface area contributed by atoms with Crippen LogP contribution in [0.3, 0.4) is 0 Å². The minimum atomic E-state index is -0.620. The van der Waals surface area contributed by atoms with Crippen LogP contribution in [0.15, 0.2) is 30.5 Å². The molecule has 3 aliphatic rings. The van der Waals surface area contributed by atoms with Gasteiger partial charge in [-0.1, -0.05) is 11.6 Å². The molecular formula is C21H19ClF2N2O4. The van der Waals surface area contributed by atoms with Gasteiger partial charge < -0.3 is 14.8 Å². The zero-order valence-corrected chi connectivity index (χ0v) is 16.9. The zero-order valence-electron chi connectivity index (χ0n) is 16.1. The fraction of sp³-hybridized carbons (Fsp3) is 0.381. The van der Waals surface area contributed by atoms with Gasteiger partial charge in [-0.2, -0.15) is 0 Å². The fourth-order valence-corrected chi connectivity index (χ4v) is 4.71. The van der Waals surface area contributed by atoms with Crippen molar-refractivity contribution in [3.05, 3.63) is 52.7 Å². The summed E-state index contributed by atoms with van der Waals surface area (Å²) in [6, 6.07) is 5.09. The Hall–Kier alpha value is -2.74. The number of pyridine rings is 1. The molecule has 1 heterocycles. The van der Waals surface area contributed by atoms with Gasteiger partial charge in [-0.3, -0.25) is 9.59 Å². The number of carbonyl (C=O) groups is 2. The number of aromatic nitrogens is 1. The second-order valence-corrected chi connectivity index (χ2v) is 8.44. The summed E-state index contributed by atoms with van der Waals surface area (Å²) in [6.07, 6.45) is 3.24. The van der Waals surface area contributed by atoms with Gasteiger partial charge in [0.2, 0.25) is 5.88 Å². The van der Waals surface area contributed by atoms with E-state index in [9.17, 15) is 18.4 Å². The van der Waals surface area contributed by atoms with Gasteiger partial charge in [0.25, 0.3) is 5.91 Å².